The Morgan fingerprint density at radius 3 is 2.63 bits per heavy atom. The van der Waals surface area contributed by atoms with Gasteiger partial charge in [0.05, 0.1) is 23.9 Å². The molecule has 5 rings (SSSR count). The molecular weight excluding hydrogens is 380 g/mol. The molecule has 30 heavy (non-hydrogen) atoms. The molecule has 1 aromatic carbocycles. The van der Waals surface area contributed by atoms with Crippen LogP contribution < -0.4 is 11.0 Å². The van der Waals surface area contributed by atoms with Gasteiger partial charge in [0.1, 0.15) is 5.52 Å². The Kier molecular flexibility index (Phi) is 4.36. The van der Waals surface area contributed by atoms with Gasteiger partial charge in [-0.1, -0.05) is 0 Å². The Balaban J connectivity index is 1.51. The van der Waals surface area contributed by atoms with E-state index in [0.717, 1.165) is 36.9 Å². The van der Waals surface area contributed by atoms with Crippen LogP contribution in [0.25, 0.3) is 11.2 Å². The molecule has 2 aliphatic rings. The highest BCUT2D eigenvalue weighted by Gasteiger charge is 2.42. The average molecular weight is 404 g/mol. The van der Waals surface area contributed by atoms with Gasteiger partial charge in [0.2, 0.25) is 5.95 Å². The number of hydrogen-bond donors (Lipinski definition) is 2. The molecule has 2 heterocycles. The Labute approximate surface area is 173 Å². The molecule has 2 N–H and O–H groups in total. The molecule has 0 saturated heterocycles. The molecule has 2 unspecified atom stereocenters. The molecule has 2 aliphatic carbocycles. The fourth-order valence-corrected chi connectivity index (χ4v) is 5.28. The quantitative estimate of drug-likeness (QED) is 0.695. The number of aryl methyl sites for hydroxylation is 2. The third kappa shape index (κ3) is 2.97. The fraction of sp³-hybridized carbons (Fsp3) is 0.455. The van der Waals surface area contributed by atoms with Crippen molar-refractivity contribution in [1.82, 2.24) is 19.1 Å². The standard InChI is InChI=1S/C22H24N6O2/c1-12-5-13(10-23)3-4-18(12)25-21-24-11-19-20(26-21)28(22(30)27(19)2)16-6-14-8-17(29)9-15(14)7-16/h3-5,11,14-17,29H,6-9H2,1-2H3,(H,24,25,26). The molecule has 2 fully saturated rings. The highest BCUT2D eigenvalue weighted by molar-refractivity contribution is 5.73. The van der Waals surface area contributed by atoms with Gasteiger partial charge in [0.25, 0.3) is 0 Å². The largest absolute Gasteiger partial charge is 0.393 e. The van der Waals surface area contributed by atoms with E-state index >= 15 is 0 Å². The lowest BCUT2D eigenvalue weighted by Crippen LogP contribution is -2.25. The topological polar surface area (TPSA) is 109 Å². The minimum absolute atomic E-state index is 0.0727. The fourth-order valence-electron chi connectivity index (χ4n) is 5.28. The Bertz CT molecular complexity index is 1220. The predicted molar refractivity (Wildman–Crippen MR) is 112 cm³/mol. The summed E-state index contributed by atoms with van der Waals surface area (Å²) in [5.74, 6) is 1.38. The van der Waals surface area contributed by atoms with Crippen LogP contribution >= 0.6 is 0 Å². The number of hydrogen-bond acceptors (Lipinski definition) is 6. The zero-order valence-electron chi connectivity index (χ0n) is 17.0. The number of aromatic nitrogens is 4. The van der Waals surface area contributed by atoms with Gasteiger partial charge in [-0.2, -0.15) is 10.2 Å². The maximum absolute atomic E-state index is 13.0. The number of nitrogens with one attached hydrogen (secondary N) is 1. The van der Waals surface area contributed by atoms with Crippen molar-refractivity contribution in [1.29, 1.82) is 5.26 Å². The van der Waals surface area contributed by atoms with Crippen molar-refractivity contribution in [2.75, 3.05) is 5.32 Å². The molecule has 0 radical (unpaired) electrons. The molecule has 2 atom stereocenters. The van der Waals surface area contributed by atoms with Crippen LogP contribution in [-0.2, 0) is 7.05 Å². The molecule has 2 saturated carbocycles. The van der Waals surface area contributed by atoms with E-state index in [-0.39, 0.29) is 17.8 Å². The van der Waals surface area contributed by atoms with Crippen LogP contribution in [0.1, 0.15) is 42.9 Å². The van der Waals surface area contributed by atoms with Gasteiger partial charge in [-0.15, -0.1) is 0 Å². The lowest BCUT2D eigenvalue weighted by atomic mass is 10.0. The Hall–Kier alpha value is -3.18. The molecule has 2 aromatic heterocycles. The van der Waals surface area contributed by atoms with Gasteiger partial charge in [0, 0.05) is 18.8 Å². The summed E-state index contributed by atoms with van der Waals surface area (Å²) in [5.41, 5.74) is 3.61. The molecule has 154 valence electrons. The van der Waals surface area contributed by atoms with E-state index < -0.39 is 0 Å². The first-order chi connectivity index (χ1) is 14.4. The maximum Gasteiger partial charge on any atom is 0.330 e. The number of aliphatic hydroxyl groups is 1. The summed E-state index contributed by atoms with van der Waals surface area (Å²) in [5, 5.41) is 22.2. The van der Waals surface area contributed by atoms with Gasteiger partial charge in [-0.3, -0.25) is 9.13 Å². The van der Waals surface area contributed by atoms with Gasteiger partial charge in [0.15, 0.2) is 5.65 Å². The molecule has 8 nitrogen and oxygen atoms in total. The van der Waals surface area contributed by atoms with E-state index in [1.165, 1.54) is 0 Å². The smallest absolute Gasteiger partial charge is 0.330 e. The minimum Gasteiger partial charge on any atom is -0.393 e. The van der Waals surface area contributed by atoms with Gasteiger partial charge < -0.3 is 10.4 Å². The summed E-state index contributed by atoms with van der Waals surface area (Å²) in [7, 11) is 1.75. The van der Waals surface area contributed by atoms with Gasteiger partial charge in [-0.25, -0.2) is 9.78 Å². The average Bonchev–Trinajstić information content (AvgIpc) is 3.33. The lowest BCUT2D eigenvalue weighted by Gasteiger charge is -2.14. The Morgan fingerprint density at radius 2 is 1.97 bits per heavy atom. The molecular formula is C22H24N6O2. The number of nitriles is 1. The van der Waals surface area contributed by atoms with Crippen LogP contribution in [0.4, 0.5) is 11.6 Å². The highest BCUT2D eigenvalue weighted by atomic mass is 16.3. The van der Waals surface area contributed by atoms with Crippen molar-refractivity contribution in [3.8, 4) is 6.07 Å². The number of rotatable bonds is 3. The summed E-state index contributed by atoms with van der Waals surface area (Å²) in [4.78, 5) is 22.1. The third-order valence-electron chi connectivity index (χ3n) is 6.77. The monoisotopic (exact) mass is 404 g/mol. The van der Waals surface area contributed by atoms with Crippen LogP contribution in [0.5, 0.6) is 0 Å². The second kappa shape index (κ2) is 6.96. The summed E-state index contributed by atoms with van der Waals surface area (Å²) in [6.07, 6.45) is 4.96. The number of nitrogens with zero attached hydrogens (tertiary/aromatic N) is 5. The van der Waals surface area contributed by atoms with Crippen molar-refractivity contribution in [2.24, 2.45) is 18.9 Å². The third-order valence-corrected chi connectivity index (χ3v) is 6.77. The Morgan fingerprint density at radius 1 is 1.23 bits per heavy atom. The molecule has 0 amide bonds. The first kappa shape index (κ1) is 18.8. The summed E-state index contributed by atoms with van der Waals surface area (Å²) >= 11 is 0. The van der Waals surface area contributed by atoms with Gasteiger partial charge >= 0.3 is 5.69 Å². The molecule has 0 bridgehead atoms. The highest BCUT2D eigenvalue weighted by Crippen LogP contribution is 2.48. The maximum atomic E-state index is 13.0. The van der Waals surface area contributed by atoms with E-state index in [2.05, 4.69) is 16.4 Å². The van der Waals surface area contributed by atoms with E-state index in [4.69, 9.17) is 10.2 Å². The predicted octanol–water partition coefficient (Wildman–Crippen LogP) is 2.78. The molecule has 0 spiro atoms. The minimum atomic E-state index is -0.195. The van der Waals surface area contributed by atoms with E-state index in [1.807, 2.05) is 23.6 Å². The van der Waals surface area contributed by atoms with Crippen molar-refractivity contribution in [3.05, 3.63) is 46.0 Å². The van der Waals surface area contributed by atoms with Crippen LogP contribution in [0.2, 0.25) is 0 Å². The van der Waals surface area contributed by atoms with Crippen LogP contribution in [-0.4, -0.2) is 30.3 Å². The van der Waals surface area contributed by atoms with Crippen molar-refractivity contribution >= 4 is 22.8 Å². The van der Waals surface area contributed by atoms with Gasteiger partial charge in [-0.05, 0) is 68.2 Å². The van der Waals surface area contributed by atoms with E-state index in [1.54, 1.807) is 23.9 Å². The summed E-state index contributed by atoms with van der Waals surface area (Å²) in [6, 6.07) is 7.63. The van der Waals surface area contributed by atoms with Crippen LogP contribution in [0, 0.1) is 30.1 Å². The summed E-state index contributed by atoms with van der Waals surface area (Å²) in [6.45, 7) is 1.92. The number of imidazole rings is 1. The lowest BCUT2D eigenvalue weighted by molar-refractivity contribution is 0.169. The van der Waals surface area contributed by atoms with Crippen LogP contribution in [0.3, 0.4) is 0 Å². The molecule has 0 aliphatic heterocycles. The van der Waals surface area contributed by atoms with E-state index in [0.29, 0.717) is 34.5 Å². The van der Waals surface area contributed by atoms with E-state index in [9.17, 15) is 9.90 Å². The van der Waals surface area contributed by atoms with Crippen molar-refractivity contribution in [3.63, 3.8) is 0 Å². The number of benzene rings is 1. The molecule has 8 heteroatoms. The second-order valence-electron chi connectivity index (χ2n) is 8.65. The number of fused-ring (bicyclic) bond motifs is 2. The van der Waals surface area contributed by atoms with Crippen LogP contribution in [0.15, 0.2) is 29.2 Å². The zero-order chi connectivity index (χ0) is 21.0. The number of aliphatic hydroxyl groups excluding tert-OH is 1. The molecule has 3 aromatic rings. The van der Waals surface area contributed by atoms with Crippen molar-refractivity contribution < 1.29 is 5.11 Å². The second-order valence-corrected chi connectivity index (χ2v) is 8.65. The first-order valence-corrected chi connectivity index (χ1v) is 10.3. The number of anilines is 2. The SMILES string of the molecule is Cc1cc(C#N)ccc1Nc1ncc2c(n1)n(C1CC3CC(O)CC3C1)c(=O)n2C. The van der Waals surface area contributed by atoms with Crippen molar-refractivity contribution in [2.45, 2.75) is 44.8 Å². The zero-order valence-corrected chi connectivity index (χ0v) is 17.0. The first-order valence-electron chi connectivity index (χ1n) is 10.3. The summed E-state index contributed by atoms with van der Waals surface area (Å²) < 4.78 is 3.42. The normalized spacial score (nSPS) is 25.4.